The van der Waals surface area contributed by atoms with E-state index >= 15 is 0 Å². The Balaban J connectivity index is 2.28. The fraction of sp³-hybridized carbons (Fsp3) is 0.333. The lowest BCUT2D eigenvalue weighted by molar-refractivity contribution is 0.618. The zero-order valence-electron chi connectivity index (χ0n) is 9.76. The highest BCUT2D eigenvalue weighted by molar-refractivity contribution is 7.03. The summed E-state index contributed by atoms with van der Waals surface area (Å²) in [7, 11) is 0. The molecule has 0 fully saturated rings. The van der Waals surface area contributed by atoms with Crippen molar-refractivity contribution < 1.29 is 0 Å². The zero-order chi connectivity index (χ0) is 12.1. The first-order chi connectivity index (χ1) is 8.35. The lowest BCUT2D eigenvalue weighted by atomic mass is 10.0. The molecular weight excluding hydrogens is 232 g/mol. The first-order valence-corrected chi connectivity index (χ1v) is 6.50. The molecule has 0 bridgehead atoms. The van der Waals surface area contributed by atoms with E-state index in [-0.39, 0.29) is 6.04 Å². The van der Waals surface area contributed by atoms with E-state index in [1.807, 2.05) is 5.38 Å². The lowest BCUT2D eigenvalue weighted by Gasteiger charge is -2.14. The number of nitrogens with zero attached hydrogens (tertiary/aromatic N) is 2. The van der Waals surface area contributed by atoms with Gasteiger partial charge in [-0.15, -0.1) is 5.10 Å². The van der Waals surface area contributed by atoms with Crippen LogP contribution in [0.2, 0.25) is 0 Å². The lowest BCUT2D eigenvalue weighted by Crippen LogP contribution is -2.29. The van der Waals surface area contributed by atoms with Crippen molar-refractivity contribution in [3.05, 3.63) is 46.5 Å². The van der Waals surface area contributed by atoms with Gasteiger partial charge in [-0.25, -0.2) is 5.43 Å². The van der Waals surface area contributed by atoms with Gasteiger partial charge < -0.3 is 0 Å². The highest BCUT2D eigenvalue weighted by Gasteiger charge is 2.15. The molecule has 1 unspecified atom stereocenters. The van der Waals surface area contributed by atoms with Gasteiger partial charge in [0.1, 0.15) is 0 Å². The van der Waals surface area contributed by atoms with Crippen molar-refractivity contribution in [2.75, 3.05) is 0 Å². The number of nitrogens with two attached hydrogens (primary N) is 1. The second kappa shape index (κ2) is 5.86. The summed E-state index contributed by atoms with van der Waals surface area (Å²) in [5.41, 5.74) is 6.12. The van der Waals surface area contributed by atoms with Gasteiger partial charge in [0, 0.05) is 5.38 Å². The first kappa shape index (κ1) is 12.2. The molecule has 0 saturated heterocycles. The van der Waals surface area contributed by atoms with Crippen LogP contribution in [0.25, 0.3) is 0 Å². The highest BCUT2D eigenvalue weighted by atomic mass is 32.1. The Kier molecular flexibility index (Phi) is 4.19. The van der Waals surface area contributed by atoms with E-state index in [4.69, 9.17) is 5.84 Å². The van der Waals surface area contributed by atoms with E-state index in [1.165, 1.54) is 17.1 Å². The molecule has 1 heterocycles. The Bertz CT molecular complexity index is 455. The third-order valence-electron chi connectivity index (χ3n) is 2.66. The number of aromatic nitrogens is 2. The highest BCUT2D eigenvalue weighted by Crippen LogP contribution is 2.21. The minimum absolute atomic E-state index is 0.0782. The predicted octanol–water partition coefficient (Wildman–Crippen LogP) is 2.04. The van der Waals surface area contributed by atoms with Crippen molar-refractivity contribution in [3.8, 4) is 0 Å². The maximum absolute atomic E-state index is 5.61. The number of rotatable bonds is 5. The SMILES string of the molecule is CCCc1cccc(C(NN)c2csnn2)c1. The van der Waals surface area contributed by atoms with Crippen molar-refractivity contribution in [1.82, 2.24) is 15.0 Å². The molecule has 0 aliphatic heterocycles. The van der Waals surface area contributed by atoms with Crippen molar-refractivity contribution >= 4 is 11.5 Å². The second-order valence-electron chi connectivity index (χ2n) is 3.92. The summed E-state index contributed by atoms with van der Waals surface area (Å²) in [6, 6.07) is 8.35. The molecule has 17 heavy (non-hydrogen) atoms. The fourth-order valence-electron chi connectivity index (χ4n) is 1.87. The summed E-state index contributed by atoms with van der Waals surface area (Å²) >= 11 is 1.34. The fourth-order valence-corrected chi connectivity index (χ4v) is 2.35. The Morgan fingerprint density at radius 2 is 2.35 bits per heavy atom. The number of nitrogens with one attached hydrogen (secondary N) is 1. The van der Waals surface area contributed by atoms with E-state index in [1.54, 1.807) is 0 Å². The first-order valence-electron chi connectivity index (χ1n) is 5.67. The van der Waals surface area contributed by atoms with Gasteiger partial charge in [0.2, 0.25) is 0 Å². The third-order valence-corrected chi connectivity index (χ3v) is 3.19. The molecule has 2 rings (SSSR count). The molecule has 1 atom stereocenters. The van der Waals surface area contributed by atoms with E-state index in [0.717, 1.165) is 24.1 Å². The molecular formula is C12H16N4S. The Morgan fingerprint density at radius 3 is 3.00 bits per heavy atom. The summed E-state index contributed by atoms with van der Waals surface area (Å²) < 4.78 is 3.87. The Hall–Kier alpha value is -1.30. The quantitative estimate of drug-likeness (QED) is 0.628. The Morgan fingerprint density at radius 1 is 1.47 bits per heavy atom. The number of hydrazine groups is 1. The van der Waals surface area contributed by atoms with Crippen molar-refractivity contribution in [2.24, 2.45) is 5.84 Å². The summed E-state index contributed by atoms with van der Waals surface area (Å²) in [5, 5.41) is 5.98. The van der Waals surface area contributed by atoms with Crippen LogP contribution in [-0.4, -0.2) is 9.59 Å². The van der Waals surface area contributed by atoms with Crippen LogP contribution in [0.15, 0.2) is 29.6 Å². The molecule has 1 aromatic carbocycles. The molecule has 0 aliphatic carbocycles. The van der Waals surface area contributed by atoms with E-state index < -0.39 is 0 Å². The van der Waals surface area contributed by atoms with Crippen LogP contribution in [0.4, 0.5) is 0 Å². The van der Waals surface area contributed by atoms with Crippen molar-refractivity contribution in [2.45, 2.75) is 25.8 Å². The normalized spacial score (nSPS) is 12.6. The average Bonchev–Trinajstić information content (AvgIpc) is 2.85. The summed E-state index contributed by atoms with van der Waals surface area (Å²) in [5.74, 6) is 5.61. The zero-order valence-corrected chi connectivity index (χ0v) is 10.6. The topological polar surface area (TPSA) is 63.8 Å². The number of hydrogen-bond donors (Lipinski definition) is 2. The maximum atomic E-state index is 5.61. The molecule has 90 valence electrons. The number of aryl methyl sites for hydroxylation is 1. The summed E-state index contributed by atoms with van der Waals surface area (Å²) in [4.78, 5) is 0. The van der Waals surface area contributed by atoms with Crippen LogP contribution in [0.3, 0.4) is 0 Å². The van der Waals surface area contributed by atoms with Gasteiger partial charge in [-0.05, 0) is 29.1 Å². The minimum atomic E-state index is -0.0782. The van der Waals surface area contributed by atoms with Gasteiger partial charge in [-0.1, -0.05) is 42.1 Å². The van der Waals surface area contributed by atoms with Crippen LogP contribution >= 0.6 is 11.5 Å². The van der Waals surface area contributed by atoms with Crippen LogP contribution in [0.5, 0.6) is 0 Å². The van der Waals surface area contributed by atoms with Gasteiger partial charge >= 0.3 is 0 Å². The smallest absolute Gasteiger partial charge is 0.0983 e. The number of hydrogen-bond acceptors (Lipinski definition) is 5. The molecule has 4 nitrogen and oxygen atoms in total. The third kappa shape index (κ3) is 2.88. The molecule has 2 aromatic rings. The summed E-state index contributed by atoms with van der Waals surface area (Å²) in [6.45, 7) is 2.18. The maximum Gasteiger partial charge on any atom is 0.0983 e. The molecule has 0 radical (unpaired) electrons. The van der Waals surface area contributed by atoms with Crippen LogP contribution in [0.1, 0.15) is 36.2 Å². The van der Waals surface area contributed by atoms with Gasteiger partial charge in [-0.2, -0.15) is 0 Å². The second-order valence-corrected chi connectivity index (χ2v) is 4.53. The van der Waals surface area contributed by atoms with Crippen LogP contribution in [0, 0.1) is 0 Å². The molecule has 0 spiro atoms. The molecule has 3 N–H and O–H groups in total. The van der Waals surface area contributed by atoms with Gasteiger partial charge in [0.15, 0.2) is 0 Å². The molecule has 0 amide bonds. The monoisotopic (exact) mass is 248 g/mol. The van der Waals surface area contributed by atoms with Gasteiger partial charge in [-0.3, -0.25) is 5.84 Å². The van der Waals surface area contributed by atoms with Gasteiger partial charge in [0.05, 0.1) is 11.7 Å². The van der Waals surface area contributed by atoms with Gasteiger partial charge in [0.25, 0.3) is 0 Å². The predicted molar refractivity (Wildman–Crippen MR) is 69.5 cm³/mol. The number of benzene rings is 1. The molecule has 0 aliphatic rings. The largest absolute Gasteiger partial charge is 0.271 e. The van der Waals surface area contributed by atoms with Crippen molar-refractivity contribution in [3.63, 3.8) is 0 Å². The Labute approximate surface area is 105 Å². The molecule has 5 heteroatoms. The molecule has 0 saturated carbocycles. The minimum Gasteiger partial charge on any atom is -0.271 e. The average molecular weight is 248 g/mol. The van der Waals surface area contributed by atoms with Crippen molar-refractivity contribution in [1.29, 1.82) is 0 Å². The van der Waals surface area contributed by atoms with E-state index in [9.17, 15) is 0 Å². The summed E-state index contributed by atoms with van der Waals surface area (Å²) in [6.07, 6.45) is 2.23. The van der Waals surface area contributed by atoms with E-state index in [0.29, 0.717) is 0 Å². The van der Waals surface area contributed by atoms with Crippen LogP contribution in [-0.2, 0) is 6.42 Å². The van der Waals surface area contributed by atoms with E-state index in [2.05, 4.69) is 46.2 Å². The standard InChI is InChI=1S/C12H16N4S/c1-2-4-9-5-3-6-10(7-9)12(14-13)11-8-17-16-15-11/h3,5-8,12,14H,2,4,13H2,1H3. The van der Waals surface area contributed by atoms with Crippen LogP contribution < -0.4 is 11.3 Å². The molecule has 1 aromatic heterocycles.